The van der Waals surface area contributed by atoms with Crippen LogP contribution >= 0.6 is 0 Å². The summed E-state index contributed by atoms with van der Waals surface area (Å²) in [7, 11) is -6.63. The lowest BCUT2D eigenvalue weighted by atomic mass is 10.2. The van der Waals surface area contributed by atoms with Gasteiger partial charge in [-0.15, -0.1) is 0 Å². The highest BCUT2D eigenvalue weighted by atomic mass is 32.2. The minimum absolute atomic E-state index is 0.221. The molecule has 2 amide bonds. The summed E-state index contributed by atoms with van der Waals surface area (Å²) < 4.78 is 66.8. The van der Waals surface area contributed by atoms with Gasteiger partial charge in [0, 0.05) is 52.1 Å². The van der Waals surface area contributed by atoms with Gasteiger partial charge in [-0.25, -0.2) is 35.8 Å². The van der Waals surface area contributed by atoms with Gasteiger partial charge in [0.15, 0.2) is 9.84 Å². The lowest BCUT2D eigenvalue weighted by Gasteiger charge is -2.05. The van der Waals surface area contributed by atoms with Gasteiger partial charge in [0.2, 0.25) is 9.84 Å². The zero-order chi connectivity index (χ0) is 54.0. The number of anilines is 7. The maximum Gasteiger partial charge on any atom is 0.337 e. The van der Waals surface area contributed by atoms with Gasteiger partial charge in [0.05, 0.1) is 32.3 Å². The minimum atomic E-state index is -3.44. The van der Waals surface area contributed by atoms with E-state index < -0.39 is 36.7 Å². The molecule has 8 aromatic rings. The Morgan fingerprint density at radius 2 is 0.904 bits per heavy atom. The molecule has 0 aliphatic heterocycles. The van der Waals surface area contributed by atoms with Crippen LogP contribution in [0.2, 0.25) is 0 Å². The molecule has 1 atom stereocenters. The van der Waals surface area contributed by atoms with Gasteiger partial charge >= 0.3 is 12.0 Å². The van der Waals surface area contributed by atoms with Crippen LogP contribution in [0.3, 0.4) is 0 Å². The van der Waals surface area contributed by atoms with Crippen LogP contribution in [0.4, 0.5) is 44.6 Å². The zero-order valence-electron chi connectivity index (χ0n) is 39.6. The molecule has 0 aliphatic rings. The smallest absolute Gasteiger partial charge is 0.337 e. The van der Waals surface area contributed by atoms with Crippen molar-refractivity contribution in [1.82, 2.24) is 0 Å². The number of hydrogen-bond acceptors (Lipinski definition) is 15. The van der Waals surface area contributed by atoms with Crippen molar-refractivity contribution in [2.75, 3.05) is 53.1 Å². The Labute approximate surface area is 427 Å². The number of nitrogen functional groups attached to an aromatic ring is 6. The molecule has 0 radical (unpaired) electrons. The molecule has 0 saturated carbocycles. The molecule has 0 aromatic heterocycles. The summed E-state index contributed by atoms with van der Waals surface area (Å²) >= 11 is 0. The van der Waals surface area contributed by atoms with E-state index >= 15 is 0 Å². The van der Waals surface area contributed by atoms with Crippen LogP contribution in [-0.4, -0.2) is 46.4 Å². The SMILES string of the molecule is COC(=O)c1cccc(N)c1.CS(=O)(=O)c1cccc(N)c1.NC(=O)Nc1cccc(N)c1.Nc1cccc(Oc2ccccc2)c1.Nc1cccc(S(=O)(=O)c2ccccc2)c1.Nc1cccc(S(N)=O)c1. The molecule has 0 saturated heterocycles. The van der Waals surface area contributed by atoms with Crippen LogP contribution in [0.5, 0.6) is 11.5 Å². The molecular weight excluding hydrogens is 991 g/mol. The summed E-state index contributed by atoms with van der Waals surface area (Å²) in [5.74, 6) is 1.21. The van der Waals surface area contributed by atoms with Crippen LogP contribution in [0.1, 0.15) is 10.4 Å². The minimum Gasteiger partial charge on any atom is -0.465 e. The van der Waals surface area contributed by atoms with Gasteiger partial charge in [-0.3, -0.25) is 0 Å². The van der Waals surface area contributed by atoms with Crippen LogP contribution in [0, 0.1) is 0 Å². The number of sulfone groups is 2. The van der Waals surface area contributed by atoms with Crippen LogP contribution in [0.25, 0.3) is 0 Å². The predicted molar refractivity (Wildman–Crippen MR) is 292 cm³/mol. The van der Waals surface area contributed by atoms with Gasteiger partial charge in [-0.05, 0) is 127 Å². The molecule has 1 unspecified atom stereocenters. The average Bonchev–Trinajstić information content (AvgIpc) is 3.35. The first-order valence-electron chi connectivity index (χ1n) is 21.2. The van der Waals surface area contributed by atoms with Crippen molar-refractivity contribution in [2.24, 2.45) is 10.9 Å². The van der Waals surface area contributed by atoms with E-state index in [9.17, 15) is 30.6 Å². The standard InChI is InChI=1S/C12H11NO2S.C12H11NO.C8H9NO2.C7H9N3O.C7H9NO2S.C6H8N2OS/c13-10-5-4-8-12(9-10)16(14,15)11-6-2-1-3-7-11;13-10-5-4-8-12(9-10)14-11-6-2-1-3-7-11;1-11-8(10)6-3-2-4-7(9)5-6;8-5-2-1-3-6(4-5)10-7(9)11;1-11(9,10)7-4-2-3-6(8)5-7;7-5-2-1-3-6(4-5)10(8)9/h1-9H,13H2;1-9H,13H2;2-5H,9H2,1H3;1-4H,8H2,(H3,9,10,11);2-5H,8H2,1H3;1-4H,7-8H2. The highest BCUT2D eigenvalue weighted by Gasteiger charge is 2.17. The number of carbonyl (C=O) groups is 2. The second-order valence-corrected chi connectivity index (χ2v) is 19.9. The number of rotatable bonds is 8. The zero-order valence-corrected chi connectivity index (χ0v) is 42.1. The first-order valence-corrected chi connectivity index (χ1v) is 25.8. The number of hydrogen-bond donors (Lipinski definition) is 9. The molecule has 0 spiro atoms. The highest BCUT2D eigenvalue weighted by Crippen LogP contribution is 2.23. The van der Waals surface area contributed by atoms with E-state index in [0.29, 0.717) is 50.3 Å². The van der Waals surface area contributed by atoms with E-state index in [1.807, 2.05) is 48.5 Å². The quantitative estimate of drug-likeness (QED) is 0.0516. The average molecular weight is 1050 g/mol. The summed E-state index contributed by atoms with van der Waals surface area (Å²) in [5.41, 5.74) is 42.2. The molecule has 21 heteroatoms. The molecule has 0 bridgehead atoms. The molecule has 8 rings (SSSR count). The maximum atomic E-state index is 12.1. The molecule has 0 fully saturated rings. The molecule has 18 nitrogen and oxygen atoms in total. The number of nitrogens with two attached hydrogens (primary N) is 8. The Morgan fingerprint density at radius 1 is 0.479 bits per heavy atom. The molecular formula is C52H57N9O9S3. The lowest BCUT2D eigenvalue weighted by Crippen LogP contribution is -2.19. The van der Waals surface area contributed by atoms with Gasteiger partial charge < -0.3 is 54.9 Å². The predicted octanol–water partition coefficient (Wildman–Crippen LogP) is 7.90. The fourth-order valence-corrected chi connectivity index (χ4v) is 8.02. The Hall–Kier alpha value is -8.89. The number of esters is 1. The highest BCUT2D eigenvalue weighted by molar-refractivity contribution is 7.91. The first-order chi connectivity index (χ1) is 34.6. The van der Waals surface area contributed by atoms with Crippen molar-refractivity contribution in [3.05, 3.63) is 212 Å². The van der Waals surface area contributed by atoms with Crippen LogP contribution in [0.15, 0.2) is 226 Å². The van der Waals surface area contributed by atoms with Crippen molar-refractivity contribution >= 4 is 82.5 Å². The number of urea groups is 1. The molecule has 382 valence electrons. The number of benzene rings is 8. The Balaban J connectivity index is 0.000000233. The monoisotopic (exact) mass is 1050 g/mol. The summed E-state index contributed by atoms with van der Waals surface area (Å²) in [4.78, 5) is 22.6. The van der Waals surface area contributed by atoms with Gasteiger partial charge in [-0.2, -0.15) is 0 Å². The van der Waals surface area contributed by atoms with Crippen LogP contribution in [-0.2, 0) is 35.4 Å². The van der Waals surface area contributed by atoms with E-state index in [4.69, 9.17) is 50.0 Å². The number of nitrogens with one attached hydrogen (secondary N) is 1. The largest absolute Gasteiger partial charge is 0.465 e. The number of amides is 2. The van der Waals surface area contributed by atoms with Crippen molar-refractivity contribution in [3.8, 4) is 11.5 Å². The second-order valence-electron chi connectivity index (χ2n) is 14.8. The molecule has 8 aromatic carbocycles. The Kier molecular flexibility index (Phi) is 23.5. The summed E-state index contributed by atoms with van der Waals surface area (Å²) in [6.07, 6.45) is 1.15. The second kappa shape index (κ2) is 29.3. The third-order valence-electron chi connectivity index (χ3n) is 8.90. The van der Waals surface area contributed by atoms with E-state index in [1.165, 1.54) is 25.3 Å². The summed E-state index contributed by atoms with van der Waals surface area (Å²) in [6, 6.07) is 57.4. The number of primary amides is 1. The van der Waals surface area contributed by atoms with Gasteiger partial charge in [0.25, 0.3) is 0 Å². The fourth-order valence-electron chi connectivity index (χ4n) is 5.55. The van der Waals surface area contributed by atoms with Gasteiger partial charge in [-0.1, -0.05) is 72.8 Å². The van der Waals surface area contributed by atoms with E-state index in [-0.39, 0.29) is 20.7 Å². The van der Waals surface area contributed by atoms with Crippen molar-refractivity contribution < 1.29 is 40.1 Å². The topological polar surface area (TPSA) is 358 Å². The van der Waals surface area contributed by atoms with Crippen molar-refractivity contribution in [3.63, 3.8) is 0 Å². The van der Waals surface area contributed by atoms with E-state index in [2.05, 4.69) is 10.1 Å². The summed E-state index contributed by atoms with van der Waals surface area (Å²) in [5, 5.41) is 7.50. The number of carbonyl (C=O) groups excluding carboxylic acids is 2. The van der Waals surface area contributed by atoms with E-state index in [0.717, 1.165) is 17.8 Å². The van der Waals surface area contributed by atoms with Crippen molar-refractivity contribution in [1.29, 1.82) is 0 Å². The fraction of sp³-hybridized carbons (Fsp3) is 0.0385. The van der Waals surface area contributed by atoms with E-state index in [1.54, 1.807) is 140 Å². The number of ether oxygens (including phenoxy) is 2. The Bertz CT molecular complexity index is 3280. The van der Waals surface area contributed by atoms with Crippen molar-refractivity contribution in [2.45, 2.75) is 19.6 Å². The first kappa shape index (κ1) is 58.4. The molecule has 17 N–H and O–H groups in total. The maximum absolute atomic E-state index is 12.1. The Morgan fingerprint density at radius 3 is 1.36 bits per heavy atom. The number of para-hydroxylation sites is 1. The lowest BCUT2D eigenvalue weighted by molar-refractivity contribution is 0.0600. The normalized spacial score (nSPS) is 10.6. The third-order valence-corrected chi connectivity index (χ3v) is 12.5. The molecule has 0 heterocycles. The molecule has 73 heavy (non-hydrogen) atoms. The summed E-state index contributed by atoms with van der Waals surface area (Å²) in [6.45, 7) is 0. The van der Waals surface area contributed by atoms with Gasteiger partial charge in [0.1, 0.15) is 22.5 Å². The third kappa shape index (κ3) is 22.2. The number of methoxy groups -OCH3 is 1. The van der Waals surface area contributed by atoms with Crippen LogP contribution < -0.4 is 55.3 Å². The molecule has 0 aliphatic carbocycles.